The Balaban J connectivity index is 1.61. The number of carbonyl (C=O) groups is 2. The zero-order chi connectivity index (χ0) is 17.8. The van der Waals surface area contributed by atoms with E-state index in [0.29, 0.717) is 24.9 Å². The highest BCUT2D eigenvalue weighted by Crippen LogP contribution is 2.29. The van der Waals surface area contributed by atoms with Gasteiger partial charge >= 0.3 is 0 Å². The fraction of sp³-hybridized carbons (Fsp3) is 0.579. The highest BCUT2D eigenvalue weighted by Gasteiger charge is 2.32. The average molecular weight is 345 g/mol. The Hall–Kier alpha value is -2.08. The van der Waals surface area contributed by atoms with Crippen LogP contribution in [-0.4, -0.2) is 55.5 Å². The van der Waals surface area contributed by atoms with Crippen molar-refractivity contribution in [3.8, 4) is 5.75 Å². The largest absolute Gasteiger partial charge is 0.495 e. The number of hydrogen-bond acceptors (Lipinski definition) is 4. The highest BCUT2D eigenvalue weighted by atomic mass is 16.5. The second kappa shape index (κ2) is 7.87. The van der Waals surface area contributed by atoms with E-state index in [1.165, 1.54) is 12.8 Å². The molecule has 1 saturated carbocycles. The van der Waals surface area contributed by atoms with Gasteiger partial charge in [0.05, 0.1) is 25.4 Å². The maximum Gasteiger partial charge on any atom is 0.241 e. The van der Waals surface area contributed by atoms with Gasteiger partial charge in [-0.3, -0.25) is 14.5 Å². The summed E-state index contributed by atoms with van der Waals surface area (Å²) in [4.78, 5) is 28.8. The molecule has 2 amide bonds. The molecule has 1 aromatic rings. The Bertz CT molecular complexity index is 628. The molecular weight excluding hydrogens is 318 g/mol. The molecule has 1 aromatic carbocycles. The molecule has 6 heteroatoms. The molecule has 1 saturated heterocycles. The Morgan fingerprint density at radius 1 is 1.24 bits per heavy atom. The van der Waals surface area contributed by atoms with Crippen LogP contribution in [0.15, 0.2) is 24.3 Å². The predicted molar refractivity (Wildman–Crippen MR) is 96.8 cm³/mol. The molecule has 2 aliphatic rings. The van der Waals surface area contributed by atoms with Crippen molar-refractivity contribution < 1.29 is 14.3 Å². The molecule has 25 heavy (non-hydrogen) atoms. The van der Waals surface area contributed by atoms with Gasteiger partial charge in [-0.2, -0.15) is 0 Å². The molecule has 0 spiro atoms. The standard InChI is InChI=1S/C19H27N3O3/c1-14(19(24)20-15-7-3-4-8-15)21-11-12-22(18(23)13-21)16-9-5-6-10-17(16)25-2/h5-6,9-10,14-15H,3-4,7-8,11-13H2,1-2H3,(H,20,24)/t14-/m1/s1. The van der Waals surface area contributed by atoms with Crippen LogP contribution in [0.3, 0.4) is 0 Å². The third kappa shape index (κ3) is 3.95. The average Bonchev–Trinajstić information content (AvgIpc) is 3.14. The van der Waals surface area contributed by atoms with Gasteiger partial charge in [-0.15, -0.1) is 0 Å². The number of hydrogen-bond donors (Lipinski definition) is 1. The van der Waals surface area contributed by atoms with Crippen molar-refractivity contribution in [1.29, 1.82) is 0 Å². The summed E-state index contributed by atoms with van der Waals surface area (Å²) < 4.78 is 5.36. The van der Waals surface area contributed by atoms with Crippen LogP contribution in [-0.2, 0) is 9.59 Å². The minimum Gasteiger partial charge on any atom is -0.495 e. The topological polar surface area (TPSA) is 61.9 Å². The van der Waals surface area contributed by atoms with Gasteiger partial charge in [0.25, 0.3) is 0 Å². The lowest BCUT2D eigenvalue weighted by atomic mass is 10.1. The number of carbonyl (C=O) groups excluding carboxylic acids is 2. The number of piperazine rings is 1. The number of methoxy groups -OCH3 is 1. The van der Waals surface area contributed by atoms with Crippen molar-refractivity contribution in [3.63, 3.8) is 0 Å². The number of benzene rings is 1. The van der Waals surface area contributed by atoms with Gasteiger partial charge in [0.1, 0.15) is 5.75 Å². The van der Waals surface area contributed by atoms with Crippen molar-refractivity contribution in [2.75, 3.05) is 31.6 Å². The number of anilines is 1. The number of amides is 2. The van der Waals surface area contributed by atoms with E-state index in [2.05, 4.69) is 5.32 Å². The quantitative estimate of drug-likeness (QED) is 0.884. The van der Waals surface area contributed by atoms with Crippen molar-refractivity contribution in [3.05, 3.63) is 24.3 Å². The minimum atomic E-state index is -0.288. The molecule has 1 N–H and O–H groups in total. The van der Waals surface area contributed by atoms with Crippen molar-refractivity contribution >= 4 is 17.5 Å². The summed E-state index contributed by atoms with van der Waals surface area (Å²) in [5, 5.41) is 3.13. The molecule has 0 unspecified atom stereocenters. The molecule has 6 nitrogen and oxygen atoms in total. The molecular formula is C19H27N3O3. The van der Waals surface area contributed by atoms with Crippen LogP contribution in [0.4, 0.5) is 5.69 Å². The first-order valence-electron chi connectivity index (χ1n) is 9.08. The molecule has 136 valence electrons. The second-order valence-electron chi connectivity index (χ2n) is 6.85. The normalized spacial score (nSPS) is 20.6. The van der Waals surface area contributed by atoms with Crippen LogP contribution < -0.4 is 15.0 Å². The Kier molecular flexibility index (Phi) is 5.58. The van der Waals surface area contributed by atoms with Crippen LogP contribution in [0.5, 0.6) is 5.75 Å². The number of ether oxygens (including phenoxy) is 1. The Morgan fingerprint density at radius 3 is 2.64 bits per heavy atom. The van der Waals surface area contributed by atoms with Gasteiger partial charge in [0.2, 0.25) is 11.8 Å². The van der Waals surface area contributed by atoms with Crippen LogP contribution in [0, 0.1) is 0 Å². The van der Waals surface area contributed by atoms with Gasteiger partial charge in [0.15, 0.2) is 0 Å². The van der Waals surface area contributed by atoms with Crippen molar-refractivity contribution in [2.24, 2.45) is 0 Å². The number of nitrogens with one attached hydrogen (secondary N) is 1. The third-order valence-electron chi connectivity index (χ3n) is 5.25. The van der Waals surface area contributed by atoms with Crippen LogP contribution in [0.25, 0.3) is 0 Å². The number of rotatable bonds is 5. The smallest absolute Gasteiger partial charge is 0.241 e. The molecule has 1 atom stereocenters. The van der Waals surface area contributed by atoms with Gasteiger partial charge in [-0.05, 0) is 31.9 Å². The van der Waals surface area contributed by atoms with E-state index in [0.717, 1.165) is 18.5 Å². The second-order valence-corrected chi connectivity index (χ2v) is 6.85. The lowest BCUT2D eigenvalue weighted by Gasteiger charge is -2.37. The maximum absolute atomic E-state index is 12.6. The summed E-state index contributed by atoms with van der Waals surface area (Å²) in [5.74, 6) is 0.720. The summed E-state index contributed by atoms with van der Waals surface area (Å²) in [6, 6.07) is 7.55. The minimum absolute atomic E-state index is 0.00346. The number of nitrogens with zero attached hydrogens (tertiary/aromatic N) is 2. The van der Waals surface area contributed by atoms with Gasteiger partial charge < -0.3 is 15.0 Å². The molecule has 1 heterocycles. The third-order valence-corrected chi connectivity index (χ3v) is 5.25. The van der Waals surface area contributed by atoms with Crippen molar-refractivity contribution in [2.45, 2.75) is 44.7 Å². The first kappa shape index (κ1) is 17.7. The summed E-state index contributed by atoms with van der Waals surface area (Å²) in [7, 11) is 1.61. The van der Waals surface area contributed by atoms with E-state index in [9.17, 15) is 9.59 Å². The van der Waals surface area contributed by atoms with E-state index in [1.54, 1.807) is 12.0 Å². The summed E-state index contributed by atoms with van der Waals surface area (Å²) >= 11 is 0. The van der Waals surface area contributed by atoms with E-state index >= 15 is 0 Å². The Morgan fingerprint density at radius 2 is 1.96 bits per heavy atom. The maximum atomic E-state index is 12.6. The molecule has 0 aromatic heterocycles. The molecule has 3 rings (SSSR count). The van der Waals surface area contributed by atoms with Gasteiger partial charge in [0, 0.05) is 19.1 Å². The first-order chi connectivity index (χ1) is 12.1. The molecule has 1 aliphatic carbocycles. The summed E-state index contributed by atoms with van der Waals surface area (Å²) in [6.45, 7) is 3.36. The lowest BCUT2D eigenvalue weighted by molar-refractivity contribution is -0.129. The van der Waals surface area contributed by atoms with E-state index in [4.69, 9.17) is 4.74 Å². The van der Waals surface area contributed by atoms with E-state index in [1.807, 2.05) is 36.1 Å². The molecule has 2 fully saturated rings. The Labute approximate surface area is 149 Å². The monoisotopic (exact) mass is 345 g/mol. The lowest BCUT2D eigenvalue weighted by Crippen LogP contribution is -2.57. The SMILES string of the molecule is COc1ccccc1N1CCN([C@H](C)C(=O)NC2CCCC2)CC1=O. The van der Waals surface area contributed by atoms with E-state index in [-0.39, 0.29) is 24.4 Å². The van der Waals surface area contributed by atoms with Crippen molar-refractivity contribution in [1.82, 2.24) is 10.2 Å². The zero-order valence-corrected chi connectivity index (χ0v) is 15.0. The molecule has 1 aliphatic heterocycles. The van der Waals surface area contributed by atoms with Gasteiger partial charge in [-0.25, -0.2) is 0 Å². The fourth-order valence-electron chi connectivity index (χ4n) is 3.69. The van der Waals surface area contributed by atoms with Gasteiger partial charge in [-0.1, -0.05) is 25.0 Å². The number of para-hydroxylation sites is 2. The molecule has 0 radical (unpaired) electrons. The summed E-state index contributed by atoms with van der Waals surface area (Å²) in [5.41, 5.74) is 0.790. The van der Waals surface area contributed by atoms with E-state index < -0.39 is 0 Å². The zero-order valence-electron chi connectivity index (χ0n) is 15.0. The van der Waals surface area contributed by atoms with Crippen LogP contribution >= 0.6 is 0 Å². The molecule has 0 bridgehead atoms. The first-order valence-corrected chi connectivity index (χ1v) is 9.08. The predicted octanol–water partition coefficient (Wildman–Crippen LogP) is 1.79. The summed E-state index contributed by atoms with van der Waals surface area (Å²) in [6.07, 6.45) is 4.52. The van der Waals surface area contributed by atoms with Crippen LogP contribution in [0.1, 0.15) is 32.6 Å². The van der Waals surface area contributed by atoms with Crippen LogP contribution in [0.2, 0.25) is 0 Å². The highest BCUT2D eigenvalue weighted by molar-refractivity contribution is 5.97. The fourth-order valence-corrected chi connectivity index (χ4v) is 3.69.